The van der Waals surface area contributed by atoms with Gasteiger partial charge in [-0.3, -0.25) is 25.0 Å². The number of anilines is 1. The quantitative estimate of drug-likeness (QED) is 0.212. The number of carbonyl (C=O) groups excluding carboxylic acids is 3. The topological polar surface area (TPSA) is 139 Å². The number of aromatic hydroxyl groups is 1. The number of imide groups is 2. The number of barbiturate groups is 1. The third-order valence-electron chi connectivity index (χ3n) is 3.98. The predicted octanol–water partition coefficient (Wildman–Crippen LogP) is 2.58. The molecule has 0 atom stereocenters. The Balaban J connectivity index is 2.06. The zero-order valence-corrected chi connectivity index (χ0v) is 16.9. The normalized spacial score (nSPS) is 15.4. The third kappa shape index (κ3) is 3.89. The average molecular weight is 509 g/mol. The lowest BCUT2D eigenvalue weighted by molar-refractivity contribution is -0.384. The van der Waals surface area contributed by atoms with E-state index in [9.17, 15) is 29.6 Å². The molecule has 1 saturated heterocycles. The summed E-state index contributed by atoms with van der Waals surface area (Å²) in [4.78, 5) is 48.3. The number of benzene rings is 2. The maximum absolute atomic E-state index is 12.9. The second kappa shape index (κ2) is 7.87. The summed E-state index contributed by atoms with van der Waals surface area (Å²) in [5.74, 6) is -1.81. The number of rotatable bonds is 4. The Morgan fingerprint density at radius 1 is 1.24 bits per heavy atom. The smallest absolute Gasteiger partial charge is 0.335 e. The van der Waals surface area contributed by atoms with Crippen molar-refractivity contribution in [1.29, 1.82) is 0 Å². The molecule has 0 spiro atoms. The van der Waals surface area contributed by atoms with Gasteiger partial charge in [0.05, 0.1) is 21.3 Å². The fourth-order valence-electron chi connectivity index (χ4n) is 2.64. The number of halogens is 1. The van der Waals surface area contributed by atoms with E-state index >= 15 is 0 Å². The van der Waals surface area contributed by atoms with Crippen LogP contribution in [0.3, 0.4) is 0 Å². The van der Waals surface area contributed by atoms with Crippen LogP contribution in [0.5, 0.6) is 11.5 Å². The Morgan fingerprint density at radius 3 is 2.62 bits per heavy atom. The van der Waals surface area contributed by atoms with Crippen LogP contribution in [0.25, 0.3) is 6.08 Å². The fourth-order valence-corrected chi connectivity index (χ4v) is 3.26. The highest BCUT2D eigenvalue weighted by Crippen LogP contribution is 2.33. The van der Waals surface area contributed by atoms with Crippen molar-refractivity contribution in [3.63, 3.8) is 0 Å². The number of methoxy groups -OCH3 is 1. The zero-order valence-electron chi connectivity index (χ0n) is 14.7. The Kier molecular flexibility index (Phi) is 5.50. The molecule has 2 aromatic carbocycles. The van der Waals surface area contributed by atoms with Crippen LogP contribution in [0, 0.1) is 13.7 Å². The first kappa shape index (κ1) is 20.3. The number of amides is 4. The lowest BCUT2D eigenvalue weighted by atomic mass is 10.1. The second-order valence-electron chi connectivity index (χ2n) is 5.79. The molecule has 29 heavy (non-hydrogen) atoms. The van der Waals surface area contributed by atoms with Crippen LogP contribution in [-0.4, -0.2) is 35.0 Å². The van der Waals surface area contributed by atoms with E-state index < -0.39 is 22.8 Å². The maximum atomic E-state index is 12.9. The van der Waals surface area contributed by atoms with Crippen LogP contribution in [0.4, 0.5) is 16.2 Å². The van der Waals surface area contributed by atoms with Crippen molar-refractivity contribution < 1.29 is 29.2 Å². The molecule has 2 aromatic rings. The van der Waals surface area contributed by atoms with Crippen molar-refractivity contribution in [3.8, 4) is 11.5 Å². The summed E-state index contributed by atoms with van der Waals surface area (Å²) in [5, 5.41) is 22.9. The molecule has 0 bridgehead atoms. The second-order valence-corrected chi connectivity index (χ2v) is 6.95. The van der Waals surface area contributed by atoms with Crippen molar-refractivity contribution in [1.82, 2.24) is 5.32 Å². The first-order chi connectivity index (χ1) is 13.7. The van der Waals surface area contributed by atoms with E-state index in [1.807, 2.05) is 27.9 Å². The molecule has 4 amide bonds. The summed E-state index contributed by atoms with van der Waals surface area (Å²) in [6.45, 7) is 0. The van der Waals surface area contributed by atoms with Crippen LogP contribution in [0.15, 0.2) is 42.0 Å². The molecule has 0 radical (unpaired) electrons. The van der Waals surface area contributed by atoms with Gasteiger partial charge in [0.1, 0.15) is 5.57 Å². The van der Waals surface area contributed by atoms with Gasteiger partial charge < -0.3 is 9.84 Å². The van der Waals surface area contributed by atoms with Crippen molar-refractivity contribution in [3.05, 3.63) is 61.2 Å². The van der Waals surface area contributed by atoms with E-state index in [1.54, 1.807) is 0 Å². The standard InChI is InChI=1S/C18H12IN3O7/c1-29-14-7-9(6-13(19)15(14)23)5-12-16(24)20-18(26)21(17(12)25)10-3-2-4-11(8-10)22(27)28/h2-8,23H,1H3,(H,20,24,26)/b12-5+. The van der Waals surface area contributed by atoms with E-state index in [2.05, 4.69) is 0 Å². The van der Waals surface area contributed by atoms with Gasteiger partial charge in [0.15, 0.2) is 11.5 Å². The first-order valence-electron chi connectivity index (χ1n) is 7.95. The number of non-ortho nitro benzene ring substituents is 1. The van der Waals surface area contributed by atoms with E-state index in [4.69, 9.17) is 4.74 Å². The van der Waals surface area contributed by atoms with E-state index in [1.165, 1.54) is 43.5 Å². The molecule has 11 heteroatoms. The Labute approximate surface area is 177 Å². The third-order valence-corrected chi connectivity index (χ3v) is 4.80. The lowest BCUT2D eigenvalue weighted by Crippen LogP contribution is -2.54. The van der Waals surface area contributed by atoms with Crippen LogP contribution < -0.4 is 15.0 Å². The number of urea groups is 1. The van der Waals surface area contributed by atoms with Gasteiger partial charge in [0.2, 0.25) is 0 Å². The highest BCUT2D eigenvalue weighted by atomic mass is 127. The zero-order chi connectivity index (χ0) is 21.3. The minimum atomic E-state index is -1.02. The minimum absolute atomic E-state index is 0.0574. The minimum Gasteiger partial charge on any atom is -0.504 e. The molecular formula is C18H12IN3O7. The highest BCUT2D eigenvalue weighted by Gasteiger charge is 2.37. The van der Waals surface area contributed by atoms with Gasteiger partial charge in [0, 0.05) is 12.1 Å². The number of hydrogen-bond donors (Lipinski definition) is 2. The molecule has 1 aliphatic rings. The van der Waals surface area contributed by atoms with Crippen molar-refractivity contribution in [2.75, 3.05) is 12.0 Å². The summed E-state index contributed by atoms with van der Waals surface area (Å²) in [6, 6.07) is 6.83. The molecule has 0 aromatic heterocycles. The summed E-state index contributed by atoms with van der Waals surface area (Å²) >= 11 is 1.86. The molecule has 0 aliphatic carbocycles. The van der Waals surface area contributed by atoms with Gasteiger partial charge in [-0.25, -0.2) is 9.69 Å². The van der Waals surface area contributed by atoms with Gasteiger partial charge in [-0.15, -0.1) is 0 Å². The van der Waals surface area contributed by atoms with Crippen LogP contribution in [0.1, 0.15) is 5.56 Å². The summed E-state index contributed by atoms with van der Waals surface area (Å²) < 4.78 is 5.47. The van der Waals surface area contributed by atoms with Crippen LogP contribution in [-0.2, 0) is 9.59 Å². The number of nitro benzene ring substituents is 1. The monoisotopic (exact) mass is 509 g/mol. The number of nitro groups is 1. The number of ether oxygens (including phenoxy) is 1. The molecule has 1 fully saturated rings. The Morgan fingerprint density at radius 2 is 1.97 bits per heavy atom. The fraction of sp³-hybridized carbons (Fsp3) is 0.0556. The molecule has 0 saturated carbocycles. The Hall–Kier alpha value is -3.48. The summed E-state index contributed by atoms with van der Waals surface area (Å²) in [5.41, 5.74) is -0.364. The molecule has 1 aliphatic heterocycles. The van der Waals surface area contributed by atoms with Crippen molar-refractivity contribution >= 4 is 57.9 Å². The number of phenols is 1. The molecule has 3 rings (SSSR count). The number of hydrogen-bond acceptors (Lipinski definition) is 7. The maximum Gasteiger partial charge on any atom is 0.335 e. The van der Waals surface area contributed by atoms with Gasteiger partial charge in [-0.1, -0.05) is 6.07 Å². The predicted molar refractivity (Wildman–Crippen MR) is 109 cm³/mol. The molecule has 0 unspecified atom stereocenters. The van der Waals surface area contributed by atoms with Gasteiger partial charge in [0.25, 0.3) is 17.5 Å². The largest absolute Gasteiger partial charge is 0.504 e. The number of carbonyl (C=O) groups is 3. The number of phenolic OH excluding ortho intramolecular Hbond substituents is 1. The van der Waals surface area contributed by atoms with E-state index in [0.29, 0.717) is 14.0 Å². The van der Waals surface area contributed by atoms with Gasteiger partial charge in [-0.2, -0.15) is 0 Å². The molecule has 10 nitrogen and oxygen atoms in total. The average Bonchev–Trinajstić information content (AvgIpc) is 2.67. The highest BCUT2D eigenvalue weighted by molar-refractivity contribution is 14.1. The van der Waals surface area contributed by atoms with Gasteiger partial charge in [-0.05, 0) is 52.4 Å². The molecule has 1 heterocycles. The SMILES string of the molecule is COc1cc(/C=C2\C(=O)NC(=O)N(c3cccc([N+](=O)[O-])c3)C2=O)cc(I)c1O. The van der Waals surface area contributed by atoms with E-state index in [-0.39, 0.29) is 28.4 Å². The first-order valence-corrected chi connectivity index (χ1v) is 9.03. The molecule has 148 valence electrons. The van der Waals surface area contributed by atoms with Crippen molar-refractivity contribution in [2.24, 2.45) is 0 Å². The molecular weight excluding hydrogens is 497 g/mol. The molecule has 2 N–H and O–H groups in total. The number of nitrogens with one attached hydrogen (secondary N) is 1. The van der Waals surface area contributed by atoms with E-state index in [0.717, 1.165) is 6.07 Å². The van der Waals surface area contributed by atoms with Crippen LogP contribution in [0.2, 0.25) is 0 Å². The van der Waals surface area contributed by atoms with Gasteiger partial charge >= 0.3 is 6.03 Å². The summed E-state index contributed by atoms with van der Waals surface area (Å²) in [6.07, 6.45) is 1.23. The number of nitrogens with zero attached hydrogens (tertiary/aromatic N) is 2. The van der Waals surface area contributed by atoms with Crippen LogP contribution >= 0.6 is 22.6 Å². The Bertz CT molecular complexity index is 1100. The van der Waals surface area contributed by atoms with Crippen molar-refractivity contribution in [2.45, 2.75) is 0 Å². The lowest BCUT2D eigenvalue weighted by Gasteiger charge is -2.26. The summed E-state index contributed by atoms with van der Waals surface area (Å²) in [7, 11) is 1.35.